The predicted molar refractivity (Wildman–Crippen MR) is 92.2 cm³/mol. The lowest BCUT2D eigenvalue weighted by atomic mass is 10.2. The zero-order valence-corrected chi connectivity index (χ0v) is 14.6. The molecule has 0 saturated carbocycles. The molecule has 116 valence electrons. The summed E-state index contributed by atoms with van der Waals surface area (Å²) in [6.45, 7) is 0. The molecule has 3 rings (SSSR count). The Kier molecular flexibility index (Phi) is 4.24. The lowest BCUT2D eigenvalue weighted by Crippen LogP contribution is -2.25. The fourth-order valence-electron chi connectivity index (χ4n) is 2.51. The Morgan fingerprint density at radius 1 is 1.27 bits per heavy atom. The average Bonchev–Trinajstić information content (AvgIpc) is 2.78. The summed E-state index contributed by atoms with van der Waals surface area (Å²) in [5.74, 6) is 0.103. The van der Waals surface area contributed by atoms with E-state index in [1.54, 1.807) is 12.1 Å². The van der Waals surface area contributed by atoms with Crippen LogP contribution in [0, 0.1) is 3.95 Å². The van der Waals surface area contributed by atoms with Crippen LogP contribution in [0.25, 0.3) is 10.4 Å². The number of sulfone groups is 1. The molecule has 1 aromatic heterocycles. The normalized spacial score (nSPS) is 20.1. The van der Waals surface area contributed by atoms with Crippen LogP contribution in [0.15, 0.2) is 35.1 Å². The van der Waals surface area contributed by atoms with E-state index < -0.39 is 9.84 Å². The SMILES string of the molecule is O=c1cc(-c2ccc(Cl)cc2)sc(=S)n1C1CCS(=O)(=O)C1. The molecule has 1 fully saturated rings. The topological polar surface area (TPSA) is 56.1 Å². The first-order valence-electron chi connectivity index (χ1n) is 6.59. The van der Waals surface area contributed by atoms with Gasteiger partial charge in [-0.05, 0) is 36.3 Å². The molecule has 0 bridgehead atoms. The molecule has 2 heterocycles. The molecule has 22 heavy (non-hydrogen) atoms. The number of nitrogens with zero attached hydrogens (tertiary/aromatic N) is 1. The Balaban J connectivity index is 2.04. The summed E-state index contributed by atoms with van der Waals surface area (Å²) < 4.78 is 25.0. The summed E-state index contributed by atoms with van der Waals surface area (Å²) in [5.41, 5.74) is 0.611. The Hall–Kier alpha value is -1.02. The zero-order valence-electron chi connectivity index (χ0n) is 11.4. The summed E-state index contributed by atoms with van der Waals surface area (Å²) in [6, 6.07) is 8.32. The molecule has 1 unspecified atom stereocenters. The minimum Gasteiger partial charge on any atom is -0.287 e. The first kappa shape index (κ1) is 15.9. The third-order valence-corrected chi connectivity index (χ3v) is 6.98. The van der Waals surface area contributed by atoms with Gasteiger partial charge in [-0.1, -0.05) is 23.7 Å². The Morgan fingerprint density at radius 3 is 2.50 bits per heavy atom. The van der Waals surface area contributed by atoms with E-state index in [0.29, 0.717) is 15.4 Å². The highest BCUT2D eigenvalue weighted by Crippen LogP contribution is 2.28. The van der Waals surface area contributed by atoms with Gasteiger partial charge in [0.25, 0.3) is 5.56 Å². The number of benzene rings is 1. The van der Waals surface area contributed by atoms with Crippen LogP contribution >= 0.6 is 35.2 Å². The molecule has 1 aromatic carbocycles. The van der Waals surface area contributed by atoms with E-state index >= 15 is 0 Å². The smallest absolute Gasteiger partial charge is 0.253 e. The van der Waals surface area contributed by atoms with Gasteiger partial charge in [-0.2, -0.15) is 0 Å². The summed E-state index contributed by atoms with van der Waals surface area (Å²) >= 11 is 12.5. The molecule has 1 aliphatic heterocycles. The molecule has 1 aliphatic rings. The van der Waals surface area contributed by atoms with Gasteiger partial charge in [-0.25, -0.2) is 8.42 Å². The van der Waals surface area contributed by atoms with Crippen molar-refractivity contribution in [3.63, 3.8) is 0 Å². The van der Waals surface area contributed by atoms with Crippen molar-refractivity contribution in [2.24, 2.45) is 0 Å². The van der Waals surface area contributed by atoms with Crippen molar-refractivity contribution in [3.8, 4) is 10.4 Å². The van der Waals surface area contributed by atoms with Gasteiger partial charge in [0, 0.05) is 16.0 Å². The van der Waals surface area contributed by atoms with E-state index in [1.807, 2.05) is 12.1 Å². The van der Waals surface area contributed by atoms with Crippen molar-refractivity contribution in [1.29, 1.82) is 0 Å². The maximum absolute atomic E-state index is 12.4. The third kappa shape index (κ3) is 3.17. The highest BCUT2D eigenvalue weighted by atomic mass is 35.5. The Morgan fingerprint density at radius 2 is 1.95 bits per heavy atom. The minimum atomic E-state index is -3.06. The predicted octanol–water partition coefficient (Wildman–Crippen LogP) is 3.32. The quantitative estimate of drug-likeness (QED) is 0.758. The van der Waals surface area contributed by atoms with Gasteiger partial charge in [0.1, 0.15) is 0 Å². The number of hydrogen-bond donors (Lipinski definition) is 0. The molecule has 1 saturated heterocycles. The van der Waals surface area contributed by atoms with Crippen LogP contribution < -0.4 is 5.56 Å². The molecular weight excluding hydrogens is 362 g/mol. The van der Waals surface area contributed by atoms with Crippen molar-refractivity contribution in [1.82, 2.24) is 4.57 Å². The molecule has 0 radical (unpaired) electrons. The highest BCUT2D eigenvalue weighted by molar-refractivity contribution is 7.91. The number of rotatable bonds is 2. The summed E-state index contributed by atoms with van der Waals surface area (Å²) in [7, 11) is -3.06. The molecule has 0 N–H and O–H groups in total. The van der Waals surface area contributed by atoms with Crippen LogP contribution in [0.3, 0.4) is 0 Å². The third-order valence-electron chi connectivity index (χ3n) is 3.59. The van der Waals surface area contributed by atoms with Crippen molar-refractivity contribution < 1.29 is 8.42 Å². The van der Waals surface area contributed by atoms with Crippen LogP contribution in [0.5, 0.6) is 0 Å². The van der Waals surface area contributed by atoms with E-state index in [-0.39, 0.29) is 23.1 Å². The van der Waals surface area contributed by atoms with Gasteiger partial charge in [-0.3, -0.25) is 9.36 Å². The van der Waals surface area contributed by atoms with Crippen LogP contribution in [-0.2, 0) is 9.84 Å². The molecule has 4 nitrogen and oxygen atoms in total. The lowest BCUT2D eigenvalue weighted by molar-refractivity contribution is 0.538. The van der Waals surface area contributed by atoms with Gasteiger partial charge in [0.15, 0.2) is 13.8 Å². The van der Waals surface area contributed by atoms with E-state index in [1.165, 1.54) is 22.0 Å². The Labute approximate surface area is 141 Å². The molecule has 0 spiro atoms. The monoisotopic (exact) mass is 373 g/mol. The fraction of sp³-hybridized carbons (Fsp3) is 0.286. The number of hydrogen-bond acceptors (Lipinski definition) is 5. The summed E-state index contributed by atoms with van der Waals surface area (Å²) in [4.78, 5) is 13.1. The fourth-order valence-corrected chi connectivity index (χ4v) is 5.78. The molecule has 1 atom stereocenters. The van der Waals surface area contributed by atoms with Crippen molar-refractivity contribution in [3.05, 3.63) is 49.7 Å². The summed E-state index contributed by atoms with van der Waals surface area (Å²) in [5, 5.41) is 0.622. The van der Waals surface area contributed by atoms with Gasteiger partial charge in [0.05, 0.1) is 17.5 Å². The second-order valence-electron chi connectivity index (χ2n) is 5.15. The summed E-state index contributed by atoms with van der Waals surface area (Å²) in [6.07, 6.45) is 0.443. The molecule has 0 amide bonds. The largest absolute Gasteiger partial charge is 0.287 e. The first-order valence-corrected chi connectivity index (χ1v) is 10.0. The van der Waals surface area contributed by atoms with E-state index in [2.05, 4.69) is 0 Å². The lowest BCUT2D eigenvalue weighted by Gasteiger charge is -2.12. The van der Waals surface area contributed by atoms with E-state index in [0.717, 1.165) is 10.4 Å². The van der Waals surface area contributed by atoms with Gasteiger partial charge in [-0.15, -0.1) is 11.3 Å². The van der Waals surface area contributed by atoms with E-state index in [9.17, 15) is 13.2 Å². The van der Waals surface area contributed by atoms with Crippen molar-refractivity contribution in [2.45, 2.75) is 12.5 Å². The Bertz CT molecular complexity index is 898. The molecule has 0 aliphatic carbocycles. The average molecular weight is 374 g/mol. The zero-order chi connectivity index (χ0) is 15.9. The minimum absolute atomic E-state index is 0.0104. The van der Waals surface area contributed by atoms with Crippen molar-refractivity contribution in [2.75, 3.05) is 11.5 Å². The van der Waals surface area contributed by atoms with Crippen LogP contribution in [0.1, 0.15) is 12.5 Å². The molecule has 2 aromatic rings. The van der Waals surface area contributed by atoms with Crippen LogP contribution in [0.2, 0.25) is 5.02 Å². The second kappa shape index (κ2) is 5.88. The maximum atomic E-state index is 12.4. The number of halogens is 1. The van der Waals surface area contributed by atoms with Crippen LogP contribution in [-0.4, -0.2) is 24.5 Å². The molecular formula is C14H12ClNO3S3. The van der Waals surface area contributed by atoms with Gasteiger partial charge in [0.2, 0.25) is 0 Å². The van der Waals surface area contributed by atoms with Crippen LogP contribution in [0.4, 0.5) is 0 Å². The van der Waals surface area contributed by atoms with Crippen molar-refractivity contribution >= 4 is 45.0 Å². The van der Waals surface area contributed by atoms with Gasteiger partial charge >= 0.3 is 0 Å². The van der Waals surface area contributed by atoms with E-state index in [4.69, 9.17) is 23.8 Å². The maximum Gasteiger partial charge on any atom is 0.253 e. The number of aromatic nitrogens is 1. The standard InChI is InChI=1S/C14H12ClNO3S3/c15-10-3-1-9(2-4-10)12-7-13(17)16(14(20)21-12)11-5-6-22(18,19)8-11/h1-4,7,11H,5-6,8H2. The molecule has 8 heteroatoms. The van der Waals surface area contributed by atoms with Gasteiger partial charge < -0.3 is 0 Å². The highest BCUT2D eigenvalue weighted by Gasteiger charge is 2.30. The first-order chi connectivity index (χ1) is 10.4. The second-order valence-corrected chi connectivity index (χ2v) is 9.49.